The third-order valence-corrected chi connectivity index (χ3v) is 3.39. The summed E-state index contributed by atoms with van der Waals surface area (Å²) < 4.78 is 7.84. The smallest absolute Gasteiger partial charge is 0.372 e. The van der Waals surface area contributed by atoms with Gasteiger partial charge in [-0.2, -0.15) is 4.57 Å². The van der Waals surface area contributed by atoms with Crippen LogP contribution in [0.4, 0.5) is 0 Å². The zero-order chi connectivity index (χ0) is 10.8. The molecule has 0 fully saturated rings. The fourth-order valence-electron chi connectivity index (χ4n) is 1.54. The molecule has 1 aromatic heterocycles. The highest BCUT2D eigenvalue weighted by molar-refractivity contribution is 7.18. The first-order valence-electron chi connectivity index (χ1n) is 4.67. The lowest BCUT2D eigenvalue weighted by molar-refractivity contribution is -0.661. The molecule has 0 aliphatic heterocycles. The van der Waals surface area contributed by atoms with Crippen molar-refractivity contribution in [3.63, 3.8) is 0 Å². The fraction of sp³-hybridized carbons (Fsp3) is 0.273. The summed E-state index contributed by atoms with van der Waals surface area (Å²) in [7, 11) is 1.41. The van der Waals surface area contributed by atoms with Crippen molar-refractivity contribution >= 4 is 27.5 Å². The molecule has 0 atom stereocenters. The van der Waals surface area contributed by atoms with Crippen molar-refractivity contribution < 1.29 is 31.1 Å². The van der Waals surface area contributed by atoms with Crippen molar-refractivity contribution in [1.82, 2.24) is 0 Å². The molecule has 5 heteroatoms. The Hall–Kier alpha value is -0.940. The Labute approximate surface area is 108 Å². The summed E-state index contributed by atoms with van der Waals surface area (Å²) in [5.41, 5.74) is 1.09. The molecular formula is C11H12BrNO2S. The zero-order valence-electron chi connectivity index (χ0n) is 9.07. The topological polar surface area (TPSA) is 30.2 Å². The maximum absolute atomic E-state index is 11.2. The Morgan fingerprint density at radius 3 is 2.81 bits per heavy atom. The van der Waals surface area contributed by atoms with Crippen LogP contribution in [-0.2, 0) is 16.1 Å². The van der Waals surface area contributed by atoms with E-state index in [0.717, 1.165) is 10.5 Å². The maximum Gasteiger partial charge on any atom is 0.372 e. The highest BCUT2D eigenvalue weighted by Crippen LogP contribution is 2.18. The lowest BCUT2D eigenvalue weighted by Crippen LogP contribution is -3.00. The molecule has 0 spiro atoms. The van der Waals surface area contributed by atoms with Crippen molar-refractivity contribution in [2.24, 2.45) is 0 Å². The molecule has 1 aromatic carbocycles. The second-order valence-electron chi connectivity index (χ2n) is 3.25. The summed E-state index contributed by atoms with van der Waals surface area (Å²) in [5.74, 6) is -0.216. The zero-order valence-corrected chi connectivity index (χ0v) is 11.5. The van der Waals surface area contributed by atoms with E-state index in [9.17, 15) is 4.79 Å². The normalized spacial score (nSPS) is 9.88. The van der Waals surface area contributed by atoms with E-state index in [1.165, 1.54) is 11.8 Å². The van der Waals surface area contributed by atoms with Crippen molar-refractivity contribution in [2.45, 2.75) is 13.5 Å². The van der Waals surface area contributed by atoms with E-state index in [1.54, 1.807) is 11.3 Å². The number of carbonyl (C=O) groups excluding carboxylic acids is 1. The quantitative estimate of drug-likeness (QED) is 0.508. The predicted molar refractivity (Wildman–Crippen MR) is 58.8 cm³/mol. The minimum absolute atomic E-state index is 0. The van der Waals surface area contributed by atoms with Gasteiger partial charge in [0.1, 0.15) is 4.70 Å². The van der Waals surface area contributed by atoms with Crippen LogP contribution in [0.15, 0.2) is 24.3 Å². The van der Waals surface area contributed by atoms with Crippen LogP contribution in [0.3, 0.4) is 0 Å². The molecule has 0 radical (unpaired) electrons. The number of halogens is 1. The van der Waals surface area contributed by atoms with Crippen molar-refractivity contribution in [2.75, 3.05) is 7.11 Å². The van der Waals surface area contributed by atoms with Crippen molar-refractivity contribution in [1.29, 1.82) is 0 Å². The Bertz CT molecular complexity index is 510. The van der Waals surface area contributed by atoms with Crippen LogP contribution in [0.1, 0.15) is 5.01 Å². The van der Waals surface area contributed by atoms with Crippen LogP contribution >= 0.6 is 11.3 Å². The Morgan fingerprint density at radius 2 is 2.12 bits per heavy atom. The number of carbonyl (C=O) groups is 1. The van der Waals surface area contributed by atoms with Gasteiger partial charge in [-0.25, -0.2) is 4.79 Å². The number of thiazole rings is 1. The fourth-order valence-corrected chi connectivity index (χ4v) is 2.56. The maximum atomic E-state index is 11.2. The molecular weight excluding hydrogens is 290 g/mol. The van der Waals surface area contributed by atoms with Gasteiger partial charge in [-0.05, 0) is 6.07 Å². The third-order valence-electron chi connectivity index (χ3n) is 2.31. The van der Waals surface area contributed by atoms with Gasteiger partial charge in [0.25, 0.3) is 0 Å². The average molecular weight is 302 g/mol. The largest absolute Gasteiger partial charge is 1.00 e. The summed E-state index contributed by atoms with van der Waals surface area (Å²) in [4.78, 5) is 11.2. The van der Waals surface area contributed by atoms with Gasteiger partial charge in [0.15, 0.2) is 0 Å². The van der Waals surface area contributed by atoms with Gasteiger partial charge in [0, 0.05) is 13.0 Å². The first-order valence-corrected chi connectivity index (χ1v) is 5.49. The van der Waals surface area contributed by atoms with Crippen LogP contribution in [0, 0.1) is 6.92 Å². The van der Waals surface area contributed by atoms with E-state index in [0.29, 0.717) is 0 Å². The summed E-state index contributed by atoms with van der Waals surface area (Å²) >= 11 is 1.69. The third kappa shape index (κ3) is 2.41. The highest BCUT2D eigenvalue weighted by atomic mass is 79.9. The van der Waals surface area contributed by atoms with E-state index in [1.807, 2.05) is 29.7 Å². The minimum Gasteiger partial charge on any atom is -1.00 e. The van der Waals surface area contributed by atoms with E-state index in [2.05, 4.69) is 10.8 Å². The number of fused-ring (bicyclic) bond motifs is 1. The molecule has 0 N–H and O–H groups in total. The van der Waals surface area contributed by atoms with E-state index < -0.39 is 0 Å². The highest BCUT2D eigenvalue weighted by Gasteiger charge is 2.19. The van der Waals surface area contributed by atoms with E-state index in [4.69, 9.17) is 0 Å². The number of aromatic nitrogens is 1. The van der Waals surface area contributed by atoms with Gasteiger partial charge in [0.2, 0.25) is 17.1 Å². The van der Waals surface area contributed by atoms with Gasteiger partial charge in [-0.3, -0.25) is 0 Å². The summed E-state index contributed by atoms with van der Waals surface area (Å²) in [5, 5.41) is 1.11. The van der Waals surface area contributed by atoms with Crippen LogP contribution in [0.2, 0.25) is 0 Å². The summed E-state index contributed by atoms with van der Waals surface area (Å²) in [6.45, 7) is 2.29. The second kappa shape index (κ2) is 5.41. The first kappa shape index (κ1) is 13.1. The number of rotatable bonds is 2. The molecule has 0 amide bonds. The molecule has 1 heterocycles. The van der Waals surface area contributed by atoms with Gasteiger partial charge in [-0.15, -0.1) is 0 Å². The molecule has 16 heavy (non-hydrogen) atoms. The molecule has 0 saturated carbocycles. The number of esters is 1. The van der Waals surface area contributed by atoms with Gasteiger partial charge < -0.3 is 21.7 Å². The van der Waals surface area contributed by atoms with E-state index >= 15 is 0 Å². The van der Waals surface area contributed by atoms with Gasteiger partial charge in [-0.1, -0.05) is 23.5 Å². The van der Waals surface area contributed by atoms with Crippen molar-refractivity contribution in [3.05, 3.63) is 29.3 Å². The number of ether oxygens (including phenoxy) is 1. The molecule has 3 nitrogen and oxygen atoms in total. The molecule has 0 aliphatic carbocycles. The Kier molecular flexibility index (Phi) is 4.44. The second-order valence-corrected chi connectivity index (χ2v) is 4.49. The molecule has 0 unspecified atom stereocenters. The van der Waals surface area contributed by atoms with Crippen LogP contribution in [-0.4, -0.2) is 13.1 Å². The molecule has 0 bridgehead atoms. The molecule has 0 aliphatic rings. The first-order chi connectivity index (χ1) is 7.22. The Balaban J connectivity index is 0.00000128. The van der Waals surface area contributed by atoms with Gasteiger partial charge in [0.05, 0.1) is 7.11 Å². The molecule has 86 valence electrons. The minimum atomic E-state index is -0.216. The summed E-state index contributed by atoms with van der Waals surface area (Å²) in [6, 6.07) is 8.05. The number of aryl methyl sites for hydroxylation is 1. The monoisotopic (exact) mass is 301 g/mol. The average Bonchev–Trinajstić information content (AvgIpc) is 2.55. The number of methoxy groups -OCH3 is 1. The number of benzene rings is 1. The van der Waals surface area contributed by atoms with Gasteiger partial charge >= 0.3 is 5.97 Å². The number of para-hydroxylation sites is 1. The van der Waals surface area contributed by atoms with Crippen molar-refractivity contribution in [3.8, 4) is 0 Å². The van der Waals surface area contributed by atoms with Crippen LogP contribution in [0.25, 0.3) is 10.2 Å². The SMILES string of the molecule is COC(=O)C[n+]1c(C)sc2ccccc21.[Br-]. The molecule has 2 rings (SSSR count). The number of nitrogens with zero attached hydrogens (tertiary/aromatic N) is 1. The van der Waals surface area contributed by atoms with E-state index in [-0.39, 0.29) is 29.5 Å². The number of hydrogen-bond acceptors (Lipinski definition) is 3. The lowest BCUT2D eigenvalue weighted by Gasteiger charge is -1.95. The molecule has 0 saturated heterocycles. The predicted octanol–water partition coefficient (Wildman–Crippen LogP) is -1.33. The summed E-state index contributed by atoms with van der Waals surface area (Å²) in [6.07, 6.45) is 0. The molecule has 2 aromatic rings. The van der Waals surface area contributed by atoms with Crippen LogP contribution < -0.4 is 21.5 Å². The number of hydrogen-bond donors (Lipinski definition) is 0. The Morgan fingerprint density at radius 1 is 1.44 bits per heavy atom. The van der Waals surface area contributed by atoms with Crippen LogP contribution in [0.5, 0.6) is 0 Å². The lowest BCUT2D eigenvalue weighted by atomic mass is 10.3. The standard InChI is InChI=1S/C11H12NO2S.BrH/c1-8-12(7-11(13)14-2)9-5-3-4-6-10(9)15-8;/h3-6H,7H2,1-2H3;1H/q+1;/p-1.